The number of methoxy groups -OCH3 is 1. The second-order valence-electron chi connectivity index (χ2n) is 3.81. The zero-order valence-electron chi connectivity index (χ0n) is 9.96. The first-order chi connectivity index (χ1) is 8.70. The van der Waals surface area contributed by atoms with Gasteiger partial charge in [0.1, 0.15) is 5.75 Å². The first-order valence-electron chi connectivity index (χ1n) is 5.51. The molecule has 1 heterocycles. The summed E-state index contributed by atoms with van der Waals surface area (Å²) in [6, 6.07) is 11.5. The zero-order valence-corrected chi connectivity index (χ0v) is 9.96. The molecule has 1 aromatic heterocycles. The second kappa shape index (κ2) is 5.31. The Labute approximate surface area is 105 Å². The van der Waals surface area contributed by atoms with E-state index >= 15 is 0 Å². The van der Waals surface area contributed by atoms with Gasteiger partial charge in [0, 0.05) is 11.8 Å². The van der Waals surface area contributed by atoms with Gasteiger partial charge < -0.3 is 9.84 Å². The van der Waals surface area contributed by atoms with Crippen LogP contribution in [0.4, 0.5) is 0 Å². The van der Waals surface area contributed by atoms with Crippen molar-refractivity contribution >= 4 is 5.97 Å². The molecule has 18 heavy (non-hydrogen) atoms. The minimum Gasteiger partial charge on any atom is -0.495 e. The van der Waals surface area contributed by atoms with Crippen molar-refractivity contribution < 1.29 is 14.6 Å². The van der Waals surface area contributed by atoms with Crippen LogP contribution in [-0.4, -0.2) is 23.2 Å². The van der Waals surface area contributed by atoms with E-state index in [0.29, 0.717) is 11.4 Å². The lowest BCUT2D eigenvalue weighted by molar-refractivity contribution is -0.136. The van der Waals surface area contributed by atoms with E-state index in [1.54, 1.807) is 12.3 Å². The average molecular weight is 243 g/mol. The molecule has 2 rings (SSSR count). The molecule has 0 amide bonds. The van der Waals surface area contributed by atoms with E-state index in [1.165, 1.54) is 7.11 Å². The summed E-state index contributed by atoms with van der Waals surface area (Å²) >= 11 is 0. The molecule has 0 spiro atoms. The zero-order chi connectivity index (χ0) is 13.0. The fraction of sp³-hybridized carbons (Fsp3) is 0.143. The molecule has 0 unspecified atom stereocenters. The number of rotatable bonds is 4. The number of carboxylic acids is 1. The third-order valence-corrected chi connectivity index (χ3v) is 2.58. The molecule has 1 N–H and O–H groups in total. The molecule has 0 aliphatic heterocycles. The van der Waals surface area contributed by atoms with Crippen LogP contribution in [0.1, 0.15) is 5.69 Å². The third-order valence-electron chi connectivity index (χ3n) is 2.58. The normalized spacial score (nSPS) is 10.1. The molecule has 0 atom stereocenters. The van der Waals surface area contributed by atoms with Crippen molar-refractivity contribution in [2.45, 2.75) is 6.42 Å². The van der Waals surface area contributed by atoms with Crippen molar-refractivity contribution in [1.29, 1.82) is 0 Å². The largest absolute Gasteiger partial charge is 0.495 e. The Kier molecular flexibility index (Phi) is 3.57. The molecule has 92 valence electrons. The number of hydrogen-bond acceptors (Lipinski definition) is 3. The van der Waals surface area contributed by atoms with Crippen LogP contribution < -0.4 is 4.74 Å². The van der Waals surface area contributed by atoms with E-state index in [4.69, 9.17) is 9.84 Å². The number of carbonyl (C=O) groups is 1. The number of benzene rings is 1. The molecule has 0 saturated heterocycles. The quantitative estimate of drug-likeness (QED) is 0.895. The summed E-state index contributed by atoms with van der Waals surface area (Å²) in [5.41, 5.74) is 2.36. The number of nitrogens with zero attached hydrogens (tertiary/aromatic N) is 1. The van der Waals surface area contributed by atoms with Gasteiger partial charge in [0.15, 0.2) is 0 Å². The van der Waals surface area contributed by atoms with Gasteiger partial charge in [-0.3, -0.25) is 9.78 Å². The van der Waals surface area contributed by atoms with Crippen molar-refractivity contribution in [3.63, 3.8) is 0 Å². The van der Waals surface area contributed by atoms with Gasteiger partial charge in [-0.2, -0.15) is 0 Å². The Morgan fingerprint density at radius 3 is 2.61 bits per heavy atom. The van der Waals surface area contributed by atoms with Crippen molar-refractivity contribution in [1.82, 2.24) is 4.98 Å². The van der Waals surface area contributed by atoms with Crippen molar-refractivity contribution in [2.24, 2.45) is 0 Å². The Balaban J connectivity index is 2.39. The van der Waals surface area contributed by atoms with E-state index in [1.807, 2.05) is 30.3 Å². The topological polar surface area (TPSA) is 59.4 Å². The summed E-state index contributed by atoms with van der Waals surface area (Å²) in [6.07, 6.45) is 1.52. The maximum atomic E-state index is 10.7. The first-order valence-corrected chi connectivity index (χ1v) is 5.51. The van der Waals surface area contributed by atoms with Crippen LogP contribution in [-0.2, 0) is 11.2 Å². The van der Waals surface area contributed by atoms with E-state index in [2.05, 4.69) is 4.98 Å². The number of ether oxygens (including phenoxy) is 1. The highest BCUT2D eigenvalue weighted by molar-refractivity contribution is 5.72. The van der Waals surface area contributed by atoms with Crippen molar-refractivity contribution in [3.8, 4) is 16.9 Å². The highest BCUT2D eigenvalue weighted by atomic mass is 16.5. The number of hydrogen-bond donors (Lipinski definition) is 1. The van der Waals surface area contributed by atoms with Gasteiger partial charge in [-0.25, -0.2) is 0 Å². The number of carboxylic acid groups (broad SMARTS) is 1. The fourth-order valence-corrected chi connectivity index (χ4v) is 1.71. The van der Waals surface area contributed by atoms with Gasteiger partial charge in [-0.05, 0) is 11.6 Å². The summed E-state index contributed by atoms with van der Waals surface area (Å²) in [5, 5.41) is 8.78. The smallest absolute Gasteiger partial charge is 0.309 e. The van der Waals surface area contributed by atoms with Crippen molar-refractivity contribution in [2.75, 3.05) is 7.11 Å². The average Bonchev–Trinajstić information content (AvgIpc) is 2.39. The molecule has 0 saturated carbocycles. The molecule has 0 fully saturated rings. The van der Waals surface area contributed by atoms with Crippen LogP contribution >= 0.6 is 0 Å². The maximum Gasteiger partial charge on any atom is 0.309 e. The summed E-state index contributed by atoms with van der Waals surface area (Å²) in [6.45, 7) is 0. The van der Waals surface area contributed by atoms with Crippen LogP contribution in [0.5, 0.6) is 5.75 Å². The van der Waals surface area contributed by atoms with Gasteiger partial charge >= 0.3 is 5.97 Å². The summed E-state index contributed by atoms with van der Waals surface area (Å²) in [7, 11) is 1.51. The molecular formula is C14H13NO3. The molecule has 0 bridgehead atoms. The van der Waals surface area contributed by atoms with E-state index < -0.39 is 5.97 Å². The SMILES string of the molecule is COc1cc(-c2ccccc2)cnc1CC(=O)O. The van der Waals surface area contributed by atoms with E-state index in [-0.39, 0.29) is 6.42 Å². The summed E-state index contributed by atoms with van der Waals surface area (Å²) < 4.78 is 5.18. The predicted molar refractivity (Wildman–Crippen MR) is 67.6 cm³/mol. The van der Waals surface area contributed by atoms with Gasteiger partial charge in [-0.1, -0.05) is 30.3 Å². The molecule has 0 aliphatic rings. The standard InChI is InChI=1S/C14H13NO3/c1-18-13-7-11(10-5-3-2-4-6-10)9-15-12(13)8-14(16)17/h2-7,9H,8H2,1H3,(H,16,17). The highest BCUT2D eigenvalue weighted by Crippen LogP contribution is 2.25. The maximum absolute atomic E-state index is 10.7. The van der Waals surface area contributed by atoms with E-state index in [0.717, 1.165) is 11.1 Å². The van der Waals surface area contributed by atoms with Crippen LogP contribution in [0.15, 0.2) is 42.6 Å². The minimum absolute atomic E-state index is 0.141. The minimum atomic E-state index is -0.923. The van der Waals surface area contributed by atoms with Crippen LogP contribution in [0.3, 0.4) is 0 Å². The predicted octanol–water partition coefficient (Wildman–Crippen LogP) is 2.38. The summed E-state index contributed by atoms with van der Waals surface area (Å²) in [4.78, 5) is 14.9. The van der Waals surface area contributed by atoms with Gasteiger partial charge in [-0.15, -0.1) is 0 Å². The Morgan fingerprint density at radius 2 is 2.00 bits per heavy atom. The molecule has 0 aliphatic carbocycles. The Hall–Kier alpha value is -2.36. The van der Waals surface area contributed by atoms with Crippen LogP contribution in [0, 0.1) is 0 Å². The van der Waals surface area contributed by atoms with Crippen molar-refractivity contribution in [3.05, 3.63) is 48.3 Å². The second-order valence-corrected chi connectivity index (χ2v) is 3.81. The molecule has 2 aromatic rings. The number of aromatic nitrogens is 1. The Morgan fingerprint density at radius 1 is 1.28 bits per heavy atom. The van der Waals surface area contributed by atoms with Gasteiger partial charge in [0.05, 0.1) is 19.2 Å². The van der Waals surface area contributed by atoms with Crippen LogP contribution in [0.25, 0.3) is 11.1 Å². The third kappa shape index (κ3) is 2.66. The first kappa shape index (κ1) is 12.1. The molecule has 4 nitrogen and oxygen atoms in total. The van der Waals surface area contributed by atoms with Gasteiger partial charge in [0.2, 0.25) is 0 Å². The lowest BCUT2D eigenvalue weighted by atomic mass is 10.1. The van der Waals surface area contributed by atoms with Crippen LogP contribution in [0.2, 0.25) is 0 Å². The fourth-order valence-electron chi connectivity index (χ4n) is 1.71. The Bertz CT molecular complexity index is 552. The molecule has 4 heteroatoms. The lowest BCUT2D eigenvalue weighted by Crippen LogP contribution is -2.04. The van der Waals surface area contributed by atoms with E-state index in [9.17, 15) is 4.79 Å². The lowest BCUT2D eigenvalue weighted by Gasteiger charge is -2.08. The number of pyridine rings is 1. The molecule has 1 aromatic carbocycles. The van der Waals surface area contributed by atoms with Gasteiger partial charge in [0.25, 0.3) is 0 Å². The monoisotopic (exact) mass is 243 g/mol. The molecule has 0 radical (unpaired) electrons. The highest BCUT2D eigenvalue weighted by Gasteiger charge is 2.10. The summed E-state index contributed by atoms with van der Waals surface area (Å²) in [5.74, 6) is -0.424. The molecular weight excluding hydrogens is 230 g/mol. The number of aliphatic carboxylic acids is 1.